The number of nitrogens with zero attached hydrogens (tertiary/aromatic N) is 1. The number of thioether (sulfide) groups is 1. The summed E-state index contributed by atoms with van der Waals surface area (Å²) < 4.78 is 0. The summed E-state index contributed by atoms with van der Waals surface area (Å²) in [6.45, 7) is 2.16. The lowest BCUT2D eigenvalue weighted by Crippen LogP contribution is -2.45. The Hall–Kier alpha value is -0.200. The van der Waals surface area contributed by atoms with E-state index in [9.17, 15) is 0 Å². The van der Waals surface area contributed by atoms with Gasteiger partial charge in [-0.1, -0.05) is 19.8 Å². The second-order valence-corrected chi connectivity index (χ2v) is 5.38. The van der Waals surface area contributed by atoms with Crippen molar-refractivity contribution in [3.8, 4) is 6.07 Å². The SMILES string of the molecule is CCC(CC#N)NC1CCCCC1SC. The topological polar surface area (TPSA) is 35.8 Å². The van der Waals surface area contributed by atoms with Gasteiger partial charge in [0.05, 0.1) is 12.5 Å². The van der Waals surface area contributed by atoms with E-state index in [2.05, 4.69) is 24.6 Å². The number of nitrogens with one attached hydrogen (secondary N) is 1. The highest BCUT2D eigenvalue weighted by molar-refractivity contribution is 7.99. The van der Waals surface area contributed by atoms with E-state index in [0.29, 0.717) is 18.5 Å². The molecule has 1 aliphatic rings. The number of nitriles is 1. The lowest BCUT2D eigenvalue weighted by molar-refractivity contribution is 0.341. The standard InChI is InChI=1S/C12H22N2S/c1-3-10(8-9-13)14-11-6-4-5-7-12(11)15-2/h10-12,14H,3-8H2,1-2H3. The van der Waals surface area contributed by atoms with Gasteiger partial charge in [0.1, 0.15) is 0 Å². The second kappa shape index (κ2) is 7.14. The van der Waals surface area contributed by atoms with Crippen LogP contribution in [0.4, 0.5) is 0 Å². The first-order chi connectivity index (χ1) is 7.31. The summed E-state index contributed by atoms with van der Waals surface area (Å²) in [5.41, 5.74) is 0. The van der Waals surface area contributed by atoms with Crippen LogP contribution < -0.4 is 5.32 Å². The molecule has 1 rings (SSSR count). The zero-order chi connectivity index (χ0) is 11.1. The number of rotatable bonds is 5. The monoisotopic (exact) mass is 226 g/mol. The minimum Gasteiger partial charge on any atom is -0.309 e. The van der Waals surface area contributed by atoms with Crippen molar-refractivity contribution in [2.24, 2.45) is 0 Å². The maximum absolute atomic E-state index is 8.73. The van der Waals surface area contributed by atoms with Gasteiger partial charge in [0, 0.05) is 17.3 Å². The molecule has 3 unspecified atom stereocenters. The van der Waals surface area contributed by atoms with Crippen molar-refractivity contribution in [1.82, 2.24) is 5.32 Å². The molecule has 0 saturated heterocycles. The molecule has 1 fully saturated rings. The Bertz CT molecular complexity index is 212. The van der Waals surface area contributed by atoms with Crippen LogP contribution >= 0.6 is 11.8 Å². The Labute approximate surface area is 97.8 Å². The summed E-state index contributed by atoms with van der Waals surface area (Å²) in [5, 5.41) is 13.1. The largest absolute Gasteiger partial charge is 0.309 e. The van der Waals surface area contributed by atoms with E-state index in [1.54, 1.807) is 0 Å². The van der Waals surface area contributed by atoms with Gasteiger partial charge in [0.15, 0.2) is 0 Å². The van der Waals surface area contributed by atoms with Crippen LogP contribution in [0.1, 0.15) is 45.4 Å². The molecule has 0 bridgehead atoms. The lowest BCUT2D eigenvalue weighted by Gasteiger charge is -2.33. The van der Waals surface area contributed by atoms with E-state index < -0.39 is 0 Å². The zero-order valence-corrected chi connectivity index (χ0v) is 10.6. The average Bonchev–Trinajstić information content (AvgIpc) is 2.29. The van der Waals surface area contributed by atoms with Crippen molar-refractivity contribution in [3.05, 3.63) is 0 Å². The molecule has 0 aromatic rings. The van der Waals surface area contributed by atoms with E-state index >= 15 is 0 Å². The minimum absolute atomic E-state index is 0.396. The van der Waals surface area contributed by atoms with Gasteiger partial charge in [0.25, 0.3) is 0 Å². The van der Waals surface area contributed by atoms with Gasteiger partial charge >= 0.3 is 0 Å². The van der Waals surface area contributed by atoms with Crippen molar-refractivity contribution in [1.29, 1.82) is 5.26 Å². The first-order valence-corrected chi connectivity index (χ1v) is 7.26. The first kappa shape index (κ1) is 12.9. The van der Waals surface area contributed by atoms with E-state index in [1.165, 1.54) is 25.7 Å². The molecule has 0 aliphatic heterocycles. The Morgan fingerprint density at radius 3 is 2.80 bits per heavy atom. The van der Waals surface area contributed by atoms with Gasteiger partial charge in [-0.2, -0.15) is 17.0 Å². The van der Waals surface area contributed by atoms with Crippen LogP contribution in [-0.2, 0) is 0 Å². The number of hydrogen-bond donors (Lipinski definition) is 1. The first-order valence-electron chi connectivity index (χ1n) is 5.97. The molecule has 1 N–H and O–H groups in total. The van der Waals surface area contributed by atoms with Gasteiger partial charge in [-0.25, -0.2) is 0 Å². The molecule has 3 atom stereocenters. The third kappa shape index (κ3) is 4.04. The third-order valence-electron chi connectivity index (χ3n) is 3.29. The van der Waals surface area contributed by atoms with Crippen molar-refractivity contribution in [2.75, 3.05) is 6.26 Å². The molecule has 1 saturated carbocycles. The molecular formula is C12H22N2S. The maximum Gasteiger partial charge on any atom is 0.0638 e. The average molecular weight is 226 g/mol. The molecule has 0 amide bonds. The predicted molar refractivity (Wildman–Crippen MR) is 67.0 cm³/mol. The van der Waals surface area contributed by atoms with Gasteiger partial charge < -0.3 is 5.32 Å². The fourth-order valence-corrected chi connectivity index (χ4v) is 3.25. The highest BCUT2D eigenvalue weighted by Gasteiger charge is 2.25. The minimum atomic E-state index is 0.396. The normalized spacial score (nSPS) is 28.3. The van der Waals surface area contributed by atoms with Crippen LogP contribution in [0.2, 0.25) is 0 Å². The quantitative estimate of drug-likeness (QED) is 0.783. The smallest absolute Gasteiger partial charge is 0.0638 e. The molecule has 15 heavy (non-hydrogen) atoms. The Kier molecular flexibility index (Phi) is 6.12. The summed E-state index contributed by atoms with van der Waals surface area (Å²) in [4.78, 5) is 0. The molecule has 0 aromatic carbocycles. The van der Waals surface area contributed by atoms with Crippen molar-refractivity contribution in [3.63, 3.8) is 0 Å². The molecule has 2 nitrogen and oxygen atoms in total. The van der Waals surface area contributed by atoms with E-state index in [4.69, 9.17) is 5.26 Å². The molecule has 0 heterocycles. The van der Waals surface area contributed by atoms with Crippen LogP contribution in [-0.4, -0.2) is 23.6 Å². The summed E-state index contributed by atoms with van der Waals surface area (Å²) in [7, 11) is 0. The number of hydrogen-bond acceptors (Lipinski definition) is 3. The van der Waals surface area contributed by atoms with Gasteiger partial charge in [-0.15, -0.1) is 0 Å². The Balaban J connectivity index is 2.42. The lowest BCUT2D eigenvalue weighted by atomic mass is 9.93. The van der Waals surface area contributed by atoms with Gasteiger partial charge in [-0.05, 0) is 25.5 Å². The molecule has 0 spiro atoms. The summed E-state index contributed by atoms with van der Waals surface area (Å²) >= 11 is 1.98. The molecule has 0 aromatic heterocycles. The van der Waals surface area contributed by atoms with E-state index in [1.807, 2.05) is 11.8 Å². The summed E-state index contributed by atoms with van der Waals surface area (Å²) in [5.74, 6) is 0. The van der Waals surface area contributed by atoms with E-state index in [-0.39, 0.29) is 0 Å². The molecule has 1 aliphatic carbocycles. The summed E-state index contributed by atoms with van der Waals surface area (Å²) in [6, 6.07) is 3.30. The summed E-state index contributed by atoms with van der Waals surface area (Å²) in [6.07, 6.45) is 9.25. The fraction of sp³-hybridized carbons (Fsp3) is 0.917. The van der Waals surface area contributed by atoms with Crippen LogP contribution in [0.25, 0.3) is 0 Å². The van der Waals surface area contributed by atoms with E-state index in [0.717, 1.165) is 11.7 Å². The Morgan fingerprint density at radius 1 is 1.47 bits per heavy atom. The van der Waals surface area contributed by atoms with Crippen molar-refractivity contribution < 1.29 is 0 Å². The zero-order valence-electron chi connectivity index (χ0n) is 9.83. The van der Waals surface area contributed by atoms with Gasteiger partial charge in [0.2, 0.25) is 0 Å². The van der Waals surface area contributed by atoms with Gasteiger partial charge in [-0.3, -0.25) is 0 Å². The predicted octanol–water partition coefficient (Wildman–Crippen LogP) is 2.94. The van der Waals surface area contributed by atoms with Crippen LogP contribution in [0.5, 0.6) is 0 Å². The molecule has 0 radical (unpaired) electrons. The van der Waals surface area contributed by atoms with Crippen molar-refractivity contribution >= 4 is 11.8 Å². The second-order valence-electron chi connectivity index (χ2n) is 4.30. The maximum atomic E-state index is 8.73. The van der Waals surface area contributed by atoms with Crippen LogP contribution in [0.15, 0.2) is 0 Å². The fourth-order valence-electron chi connectivity index (χ4n) is 2.30. The highest BCUT2D eigenvalue weighted by Crippen LogP contribution is 2.27. The molecule has 86 valence electrons. The third-order valence-corrected chi connectivity index (χ3v) is 4.46. The highest BCUT2D eigenvalue weighted by atomic mass is 32.2. The Morgan fingerprint density at radius 2 is 2.20 bits per heavy atom. The van der Waals surface area contributed by atoms with Crippen LogP contribution in [0.3, 0.4) is 0 Å². The molecule has 3 heteroatoms. The van der Waals surface area contributed by atoms with Crippen LogP contribution in [0, 0.1) is 11.3 Å². The van der Waals surface area contributed by atoms with Crippen molar-refractivity contribution in [2.45, 2.75) is 62.8 Å². The molecular weight excluding hydrogens is 204 g/mol.